The maximum absolute atomic E-state index is 5.85. The van der Waals surface area contributed by atoms with E-state index in [1.807, 2.05) is 30.5 Å². The van der Waals surface area contributed by atoms with Gasteiger partial charge in [-0.25, -0.2) is 0 Å². The van der Waals surface area contributed by atoms with Crippen LogP contribution in [0, 0.1) is 0 Å². The van der Waals surface area contributed by atoms with Crippen molar-refractivity contribution in [2.45, 2.75) is 50.4 Å². The van der Waals surface area contributed by atoms with Crippen LogP contribution in [0.3, 0.4) is 0 Å². The highest BCUT2D eigenvalue weighted by molar-refractivity contribution is 7.80. The minimum absolute atomic E-state index is 0.0157. The summed E-state index contributed by atoms with van der Waals surface area (Å²) in [7, 11) is 1.69. The molecular formula is C25H28N4OS. The normalized spacial score (nSPS) is 21.5. The highest BCUT2D eigenvalue weighted by Crippen LogP contribution is 2.42. The molecule has 5 nitrogen and oxygen atoms in total. The van der Waals surface area contributed by atoms with Crippen molar-refractivity contribution in [3.05, 3.63) is 83.9 Å². The third-order valence-corrected chi connectivity index (χ3v) is 6.90. The van der Waals surface area contributed by atoms with Gasteiger partial charge in [-0.3, -0.25) is 4.98 Å². The Balaban J connectivity index is 1.52. The van der Waals surface area contributed by atoms with Gasteiger partial charge in [0.15, 0.2) is 5.11 Å². The molecule has 160 valence electrons. The number of nitrogens with one attached hydrogen (secondary N) is 1. The second-order valence-electron chi connectivity index (χ2n) is 8.38. The van der Waals surface area contributed by atoms with Crippen molar-refractivity contribution < 1.29 is 4.74 Å². The van der Waals surface area contributed by atoms with Gasteiger partial charge in [-0.15, -0.1) is 0 Å². The van der Waals surface area contributed by atoms with E-state index in [9.17, 15) is 0 Å². The second kappa shape index (κ2) is 8.71. The molecule has 1 aromatic carbocycles. The van der Waals surface area contributed by atoms with Crippen molar-refractivity contribution in [1.29, 1.82) is 0 Å². The Hall–Kier alpha value is -2.86. The van der Waals surface area contributed by atoms with Gasteiger partial charge < -0.3 is 19.5 Å². The molecule has 0 spiro atoms. The molecule has 0 radical (unpaired) electrons. The summed E-state index contributed by atoms with van der Waals surface area (Å²) in [5.41, 5.74) is 3.53. The van der Waals surface area contributed by atoms with Gasteiger partial charge in [-0.05, 0) is 67.0 Å². The van der Waals surface area contributed by atoms with E-state index in [0.717, 1.165) is 23.1 Å². The van der Waals surface area contributed by atoms with Crippen LogP contribution in [0.25, 0.3) is 0 Å². The second-order valence-corrected chi connectivity index (χ2v) is 8.77. The highest BCUT2D eigenvalue weighted by atomic mass is 32.1. The summed E-state index contributed by atoms with van der Waals surface area (Å²) in [5.74, 6) is 0.865. The largest absolute Gasteiger partial charge is 0.497 e. The van der Waals surface area contributed by atoms with Crippen LogP contribution in [-0.4, -0.2) is 26.7 Å². The molecule has 0 unspecified atom stereocenters. The molecule has 0 amide bonds. The monoisotopic (exact) mass is 432 g/mol. The molecule has 2 aliphatic rings. The van der Waals surface area contributed by atoms with E-state index in [-0.39, 0.29) is 12.1 Å². The zero-order chi connectivity index (χ0) is 21.2. The number of nitrogens with zero attached hydrogens (tertiary/aromatic N) is 3. The van der Waals surface area contributed by atoms with E-state index in [2.05, 4.69) is 56.3 Å². The van der Waals surface area contributed by atoms with E-state index in [4.69, 9.17) is 17.0 Å². The maximum atomic E-state index is 5.85. The molecule has 1 saturated carbocycles. The molecule has 31 heavy (non-hydrogen) atoms. The fraction of sp³-hybridized carbons (Fsp3) is 0.360. The smallest absolute Gasteiger partial charge is 0.170 e. The van der Waals surface area contributed by atoms with Crippen LogP contribution in [-0.2, 0) is 6.54 Å². The summed E-state index contributed by atoms with van der Waals surface area (Å²) in [6.45, 7) is 0.736. The third-order valence-electron chi connectivity index (χ3n) is 6.54. The first-order chi connectivity index (χ1) is 15.2. The van der Waals surface area contributed by atoms with Gasteiger partial charge in [0.2, 0.25) is 0 Å². The average Bonchev–Trinajstić information content (AvgIpc) is 3.55. The lowest BCUT2D eigenvalue weighted by atomic mass is 10.00. The molecule has 0 bridgehead atoms. The van der Waals surface area contributed by atoms with E-state index in [1.54, 1.807) is 7.11 Å². The molecular weight excluding hydrogens is 404 g/mol. The number of aromatic nitrogens is 2. The lowest BCUT2D eigenvalue weighted by Gasteiger charge is -2.30. The van der Waals surface area contributed by atoms with Crippen molar-refractivity contribution >= 4 is 17.3 Å². The molecule has 2 fully saturated rings. The van der Waals surface area contributed by atoms with Gasteiger partial charge in [0, 0.05) is 30.7 Å². The highest BCUT2D eigenvalue weighted by Gasteiger charge is 2.41. The first-order valence-electron chi connectivity index (χ1n) is 11.0. The fourth-order valence-corrected chi connectivity index (χ4v) is 5.30. The minimum atomic E-state index is 0.0157. The van der Waals surface area contributed by atoms with Crippen molar-refractivity contribution in [2.24, 2.45) is 0 Å². The Morgan fingerprint density at radius 3 is 2.58 bits per heavy atom. The first kappa shape index (κ1) is 20.1. The van der Waals surface area contributed by atoms with E-state index in [0.29, 0.717) is 6.04 Å². The van der Waals surface area contributed by atoms with E-state index < -0.39 is 0 Å². The predicted molar refractivity (Wildman–Crippen MR) is 126 cm³/mol. The Morgan fingerprint density at radius 2 is 1.87 bits per heavy atom. The van der Waals surface area contributed by atoms with Gasteiger partial charge in [-0.2, -0.15) is 0 Å². The molecule has 2 atom stereocenters. The Morgan fingerprint density at radius 1 is 1.06 bits per heavy atom. The average molecular weight is 433 g/mol. The van der Waals surface area contributed by atoms with Crippen molar-refractivity contribution in [3.63, 3.8) is 0 Å². The predicted octanol–water partition coefficient (Wildman–Crippen LogP) is 5.18. The molecule has 1 saturated heterocycles. The summed E-state index contributed by atoms with van der Waals surface area (Å²) in [6, 6.07) is 19.5. The third kappa shape index (κ3) is 3.92. The fourth-order valence-electron chi connectivity index (χ4n) is 5.00. The molecule has 3 aromatic rings. The number of methoxy groups -OCH3 is 1. The van der Waals surface area contributed by atoms with Crippen LogP contribution in [0.1, 0.15) is 60.8 Å². The quantitative estimate of drug-likeness (QED) is 0.544. The lowest BCUT2D eigenvalue weighted by Crippen LogP contribution is -2.30. The van der Waals surface area contributed by atoms with Crippen LogP contribution >= 0.6 is 12.2 Å². The molecule has 6 heteroatoms. The Labute approximate surface area is 189 Å². The molecule has 1 aliphatic carbocycles. The zero-order valence-electron chi connectivity index (χ0n) is 17.8. The van der Waals surface area contributed by atoms with Crippen molar-refractivity contribution in [3.8, 4) is 5.75 Å². The number of hydrogen-bond acceptors (Lipinski definition) is 3. The lowest BCUT2D eigenvalue weighted by molar-refractivity contribution is 0.290. The summed E-state index contributed by atoms with van der Waals surface area (Å²) < 4.78 is 7.81. The van der Waals surface area contributed by atoms with Crippen LogP contribution in [0.4, 0.5) is 0 Å². The minimum Gasteiger partial charge on any atom is -0.497 e. The maximum Gasteiger partial charge on any atom is 0.170 e. The number of benzene rings is 1. The van der Waals surface area contributed by atoms with E-state index in [1.165, 1.54) is 36.9 Å². The Kier molecular flexibility index (Phi) is 5.64. The topological polar surface area (TPSA) is 42.3 Å². The van der Waals surface area contributed by atoms with Gasteiger partial charge in [0.25, 0.3) is 0 Å². The van der Waals surface area contributed by atoms with E-state index >= 15 is 0 Å². The number of ether oxygens (including phenoxy) is 1. The molecule has 1 N–H and O–H groups in total. The van der Waals surface area contributed by atoms with Gasteiger partial charge in [0.1, 0.15) is 5.75 Å². The van der Waals surface area contributed by atoms with Crippen molar-refractivity contribution in [2.75, 3.05) is 7.11 Å². The molecule has 3 heterocycles. The van der Waals surface area contributed by atoms with Gasteiger partial charge in [-0.1, -0.05) is 31.0 Å². The summed E-state index contributed by atoms with van der Waals surface area (Å²) in [6.07, 6.45) is 9.22. The summed E-state index contributed by atoms with van der Waals surface area (Å²) in [5, 5.41) is 4.35. The van der Waals surface area contributed by atoms with Crippen LogP contribution < -0.4 is 10.1 Å². The number of pyridine rings is 1. The molecule has 5 rings (SSSR count). The van der Waals surface area contributed by atoms with Gasteiger partial charge in [0.05, 0.1) is 24.9 Å². The molecule has 1 aliphatic heterocycles. The van der Waals surface area contributed by atoms with Crippen LogP contribution in [0.5, 0.6) is 5.75 Å². The summed E-state index contributed by atoms with van der Waals surface area (Å²) >= 11 is 5.85. The molecule has 2 aromatic heterocycles. The summed E-state index contributed by atoms with van der Waals surface area (Å²) in [4.78, 5) is 6.99. The number of hydrogen-bond donors (Lipinski definition) is 1. The SMILES string of the molecule is COc1ccc(CN2C(=S)N[C@H](c3ccccn3)[C@H]2c2cccn2C2CCCC2)cc1. The Bertz CT molecular complexity index is 1030. The first-order valence-corrected chi connectivity index (χ1v) is 11.4. The van der Waals surface area contributed by atoms with Crippen LogP contribution in [0.15, 0.2) is 67.0 Å². The number of rotatable bonds is 6. The van der Waals surface area contributed by atoms with Gasteiger partial charge >= 0.3 is 0 Å². The van der Waals surface area contributed by atoms with Crippen LogP contribution in [0.2, 0.25) is 0 Å². The number of thiocarbonyl (C=S) groups is 1. The zero-order valence-corrected chi connectivity index (χ0v) is 18.6. The standard InChI is InChI=1S/C25H28N4OS/c1-30-20-13-11-18(12-14-20)17-29-24(22-10-6-16-28(22)19-7-2-3-8-19)23(27-25(29)31)21-9-4-5-15-26-21/h4-6,9-16,19,23-24H,2-3,7-8,17H2,1H3,(H,27,31)/t23-,24-/m1/s1. The van der Waals surface area contributed by atoms with Crippen molar-refractivity contribution in [1.82, 2.24) is 19.8 Å².